The average molecular weight is 398 g/mol. The monoisotopic (exact) mass is 398 g/mol. The summed E-state index contributed by atoms with van der Waals surface area (Å²) >= 11 is 0. The van der Waals surface area contributed by atoms with Crippen LogP contribution in [0.25, 0.3) is 0 Å². The Labute approximate surface area is 170 Å². The molecule has 1 aromatic heterocycles. The summed E-state index contributed by atoms with van der Waals surface area (Å²) in [6, 6.07) is 5.90. The summed E-state index contributed by atoms with van der Waals surface area (Å²) in [5.41, 5.74) is 2.66. The van der Waals surface area contributed by atoms with Gasteiger partial charge in [-0.2, -0.15) is 0 Å². The van der Waals surface area contributed by atoms with Gasteiger partial charge in [0.05, 0.1) is 12.3 Å². The number of aryl methyl sites for hydroxylation is 1. The van der Waals surface area contributed by atoms with Gasteiger partial charge in [-0.3, -0.25) is 4.79 Å². The van der Waals surface area contributed by atoms with Crippen molar-refractivity contribution in [1.82, 2.24) is 14.9 Å². The molecular weight excluding hydrogens is 371 g/mol. The average Bonchev–Trinajstić information content (AvgIpc) is 3.05. The molecule has 2 aromatic rings. The molecule has 1 saturated heterocycles. The number of anilines is 1. The Kier molecular flexibility index (Phi) is 5.25. The van der Waals surface area contributed by atoms with Gasteiger partial charge in [-0.05, 0) is 50.8 Å². The third-order valence-electron chi connectivity index (χ3n) is 6.33. The van der Waals surface area contributed by atoms with Gasteiger partial charge in [-0.15, -0.1) is 0 Å². The van der Waals surface area contributed by atoms with Gasteiger partial charge in [0.2, 0.25) is 0 Å². The maximum atomic E-state index is 13.5. The lowest BCUT2D eigenvalue weighted by Gasteiger charge is -2.39. The molecule has 154 valence electrons. The van der Waals surface area contributed by atoms with Crippen LogP contribution in [-0.4, -0.2) is 59.2 Å². The lowest BCUT2D eigenvalue weighted by Crippen LogP contribution is -2.44. The molecule has 1 fully saturated rings. The van der Waals surface area contributed by atoms with E-state index in [1.807, 2.05) is 23.8 Å². The molecule has 0 bridgehead atoms. The van der Waals surface area contributed by atoms with E-state index >= 15 is 0 Å². The first-order chi connectivity index (χ1) is 13.9. The summed E-state index contributed by atoms with van der Waals surface area (Å²) in [6.45, 7) is 3.80. The molecule has 1 N–H and O–H groups in total. The number of rotatable bonds is 4. The largest absolute Gasteiger partial charge is 0.395 e. The maximum Gasteiger partial charge on any atom is 0.253 e. The van der Waals surface area contributed by atoms with E-state index in [-0.39, 0.29) is 23.7 Å². The van der Waals surface area contributed by atoms with E-state index in [9.17, 15) is 14.3 Å². The van der Waals surface area contributed by atoms with E-state index in [4.69, 9.17) is 4.98 Å². The van der Waals surface area contributed by atoms with E-state index < -0.39 is 0 Å². The molecule has 0 radical (unpaired) electrons. The van der Waals surface area contributed by atoms with Gasteiger partial charge < -0.3 is 14.9 Å². The van der Waals surface area contributed by atoms with Crippen molar-refractivity contribution in [2.75, 3.05) is 38.2 Å². The van der Waals surface area contributed by atoms with Crippen molar-refractivity contribution in [2.45, 2.75) is 38.0 Å². The normalized spacial score (nSPS) is 17.4. The van der Waals surface area contributed by atoms with Gasteiger partial charge in [-0.25, -0.2) is 14.4 Å². The summed E-state index contributed by atoms with van der Waals surface area (Å²) in [7, 11) is 1.95. The third-order valence-corrected chi connectivity index (χ3v) is 6.33. The fourth-order valence-electron chi connectivity index (χ4n) is 4.73. The minimum absolute atomic E-state index is 0.0312. The number of benzene rings is 1. The molecule has 1 aliphatic heterocycles. The van der Waals surface area contributed by atoms with Crippen LogP contribution in [0.15, 0.2) is 24.3 Å². The number of fused-ring (bicyclic) bond motifs is 2. The van der Waals surface area contributed by atoms with E-state index in [2.05, 4.69) is 4.98 Å². The number of aromatic nitrogens is 2. The summed E-state index contributed by atoms with van der Waals surface area (Å²) in [5.74, 6) is 1.15. The number of aliphatic hydroxyl groups excluding tert-OH is 1. The first kappa shape index (κ1) is 19.8. The van der Waals surface area contributed by atoms with Crippen molar-refractivity contribution < 1.29 is 14.3 Å². The molecule has 1 spiro atoms. The number of likely N-dealkylation sites (tertiary alicyclic amines) is 1. The molecule has 1 amide bonds. The molecule has 4 rings (SSSR count). The number of carbonyl (C=O) groups is 1. The number of hydrogen-bond donors (Lipinski definition) is 1. The number of piperidine rings is 1. The van der Waals surface area contributed by atoms with Crippen LogP contribution in [0.3, 0.4) is 0 Å². The predicted octanol–water partition coefficient (Wildman–Crippen LogP) is 2.47. The lowest BCUT2D eigenvalue weighted by atomic mass is 9.76. The number of carbonyl (C=O) groups excluding carboxylic acids is 1. The Morgan fingerprint density at radius 2 is 2.03 bits per heavy atom. The standard InChI is InChI=1S/C22H27FN4O2/c1-15-24-19-18(20(25-15)26(2)12-13-28)6-7-22(19)8-10-27(11-9-22)21(29)16-4-3-5-17(23)14-16/h3-5,14,28H,6-13H2,1-2H3. The molecule has 1 aliphatic carbocycles. The first-order valence-corrected chi connectivity index (χ1v) is 10.2. The summed E-state index contributed by atoms with van der Waals surface area (Å²) < 4.78 is 13.5. The number of amides is 1. The van der Waals surface area contributed by atoms with Crippen LogP contribution in [0, 0.1) is 12.7 Å². The molecule has 0 saturated carbocycles. The Morgan fingerprint density at radius 1 is 1.28 bits per heavy atom. The summed E-state index contributed by atoms with van der Waals surface area (Å²) in [4.78, 5) is 26.0. The Hall–Kier alpha value is -2.54. The van der Waals surface area contributed by atoms with E-state index in [1.54, 1.807) is 12.1 Å². The number of aliphatic hydroxyl groups is 1. The first-order valence-electron chi connectivity index (χ1n) is 10.2. The van der Waals surface area contributed by atoms with Crippen molar-refractivity contribution in [3.63, 3.8) is 0 Å². The molecule has 6 nitrogen and oxygen atoms in total. The Bertz CT molecular complexity index is 925. The van der Waals surface area contributed by atoms with Gasteiger partial charge >= 0.3 is 0 Å². The highest BCUT2D eigenvalue weighted by atomic mass is 19.1. The van der Waals surface area contributed by atoms with E-state index in [0.29, 0.717) is 25.2 Å². The smallest absolute Gasteiger partial charge is 0.253 e. The molecule has 1 aromatic carbocycles. The molecule has 29 heavy (non-hydrogen) atoms. The van der Waals surface area contributed by atoms with Gasteiger partial charge in [-0.1, -0.05) is 6.07 Å². The molecule has 2 aliphatic rings. The summed E-state index contributed by atoms with van der Waals surface area (Å²) in [6.07, 6.45) is 3.61. The molecule has 0 unspecified atom stereocenters. The zero-order valence-corrected chi connectivity index (χ0v) is 17.0. The van der Waals surface area contributed by atoms with Gasteiger partial charge in [0.1, 0.15) is 17.5 Å². The fourth-order valence-corrected chi connectivity index (χ4v) is 4.73. The number of hydrogen-bond acceptors (Lipinski definition) is 5. The fraction of sp³-hybridized carbons (Fsp3) is 0.500. The Balaban J connectivity index is 1.55. The van der Waals surface area contributed by atoms with Crippen LogP contribution in [0.2, 0.25) is 0 Å². The topological polar surface area (TPSA) is 69.6 Å². The SMILES string of the molecule is Cc1nc(N(C)CCO)c2c(n1)C1(CC2)CCN(C(=O)c2cccc(F)c2)CC1. The second-order valence-electron chi connectivity index (χ2n) is 8.15. The highest BCUT2D eigenvalue weighted by Crippen LogP contribution is 2.47. The van der Waals surface area contributed by atoms with Gasteiger partial charge in [0, 0.05) is 43.2 Å². The lowest BCUT2D eigenvalue weighted by molar-refractivity contribution is 0.0663. The van der Waals surface area contributed by atoms with Crippen molar-refractivity contribution in [2.24, 2.45) is 0 Å². The minimum Gasteiger partial charge on any atom is -0.395 e. The highest BCUT2D eigenvalue weighted by molar-refractivity contribution is 5.94. The molecular formula is C22H27FN4O2. The second kappa shape index (κ2) is 7.71. The predicted molar refractivity (Wildman–Crippen MR) is 109 cm³/mol. The number of likely N-dealkylation sites (N-methyl/N-ethyl adjacent to an activating group) is 1. The zero-order valence-electron chi connectivity index (χ0n) is 17.0. The second-order valence-corrected chi connectivity index (χ2v) is 8.15. The van der Waals surface area contributed by atoms with Crippen LogP contribution >= 0.6 is 0 Å². The van der Waals surface area contributed by atoms with Crippen LogP contribution in [0.1, 0.15) is 46.7 Å². The molecule has 7 heteroatoms. The maximum absolute atomic E-state index is 13.5. The quantitative estimate of drug-likeness (QED) is 0.857. The Morgan fingerprint density at radius 3 is 2.72 bits per heavy atom. The van der Waals surface area contributed by atoms with Crippen molar-refractivity contribution in [1.29, 1.82) is 0 Å². The highest BCUT2D eigenvalue weighted by Gasteiger charge is 2.45. The number of halogens is 1. The van der Waals surface area contributed by atoms with Crippen LogP contribution in [0.5, 0.6) is 0 Å². The van der Waals surface area contributed by atoms with E-state index in [0.717, 1.165) is 43.0 Å². The van der Waals surface area contributed by atoms with Gasteiger partial charge in [0.25, 0.3) is 5.91 Å². The van der Waals surface area contributed by atoms with Crippen molar-refractivity contribution in [3.8, 4) is 0 Å². The third kappa shape index (κ3) is 3.59. The van der Waals surface area contributed by atoms with Crippen LogP contribution in [-0.2, 0) is 11.8 Å². The molecule has 0 atom stereocenters. The number of nitrogens with zero attached hydrogens (tertiary/aromatic N) is 4. The van der Waals surface area contributed by atoms with Crippen LogP contribution in [0.4, 0.5) is 10.2 Å². The van der Waals surface area contributed by atoms with Crippen molar-refractivity contribution in [3.05, 3.63) is 52.7 Å². The zero-order chi connectivity index (χ0) is 20.6. The minimum atomic E-state index is -0.388. The van der Waals surface area contributed by atoms with Crippen LogP contribution < -0.4 is 4.90 Å². The van der Waals surface area contributed by atoms with Gasteiger partial charge in [0.15, 0.2) is 0 Å². The van der Waals surface area contributed by atoms with E-state index in [1.165, 1.54) is 17.7 Å². The molecule has 2 heterocycles. The summed E-state index contributed by atoms with van der Waals surface area (Å²) in [5, 5.41) is 9.30. The van der Waals surface area contributed by atoms with Crippen molar-refractivity contribution >= 4 is 11.7 Å².